The molecule has 0 aromatic heterocycles. The molecule has 116 valence electrons. The predicted octanol–water partition coefficient (Wildman–Crippen LogP) is 3.21. The molecule has 4 heteroatoms. The van der Waals surface area contributed by atoms with Gasteiger partial charge in [-0.15, -0.1) is 0 Å². The van der Waals surface area contributed by atoms with Crippen molar-refractivity contribution in [2.75, 3.05) is 19.6 Å². The van der Waals surface area contributed by atoms with Crippen LogP contribution in [0.25, 0.3) is 0 Å². The van der Waals surface area contributed by atoms with Crippen molar-refractivity contribution in [2.24, 2.45) is 0 Å². The second-order valence-corrected chi connectivity index (χ2v) is 5.71. The lowest BCUT2D eigenvalue weighted by atomic mass is 10.00. The number of piperidine rings is 1. The number of carbonyl (C=O) groups excluding carboxylic acids is 1. The van der Waals surface area contributed by atoms with E-state index < -0.39 is 0 Å². The molecule has 0 saturated carbocycles. The molecular weight excluding hydrogens is 267 g/mol. The first-order chi connectivity index (χ1) is 10.2. The SMILES string of the molecule is CCC1CCCCN1CCCNC(=O)c1cccc(F)c1. The normalized spacial score (nSPS) is 19.4. The fraction of sp³-hybridized carbons (Fsp3) is 0.588. The predicted molar refractivity (Wildman–Crippen MR) is 82.9 cm³/mol. The molecule has 1 N–H and O–H groups in total. The molecule has 3 nitrogen and oxygen atoms in total. The number of rotatable bonds is 6. The summed E-state index contributed by atoms with van der Waals surface area (Å²) in [6, 6.07) is 6.52. The summed E-state index contributed by atoms with van der Waals surface area (Å²) in [6.07, 6.45) is 6.07. The van der Waals surface area contributed by atoms with Gasteiger partial charge < -0.3 is 10.2 Å². The van der Waals surface area contributed by atoms with Gasteiger partial charge in [-0.25, -0.2) is 4.39 Å². The molecule has 1 aromatic rings. The highest BCUT2D eigenvalue weighted by Crippen LogP contribution is 2.19. The Labute approximate surface area is 126 Å². The molecule has 1 aromatic carbocycles. The van der Waals surface area contributed by atoms with Gasteiger partial charge >= 0.3 is 0 Å². The zero-order chi connectivity index (χ0) is 15.1. The maximum absolute atomic E-state index is 13.1. The van der Waals surface area contributed by atoms with E-state index in [0.29, 0.717) is 18.2 Å². The van der Waals surface area contributed by atoms with E-state index in [9.17, 15) is 9.18 Å². The maximum atomic E-state index is 13.1. The Balaban J connectivity index is 1.70. The first-order valence-electron chi connectivity index (χ1n) is 7.98. The number of nitrogens with one attached hydrogen (secondary N) is 1. The Bertz CT molecular complexity index is 464. The number of carbonyl (C=O) groups is 1. The van der Waals surface area contributed by atoms with Gasteiger partial charge in [-0.05, 0) is 50.4 Å². The molecule has 21 heavy (non-hydrogen) atoms. The standard InChI is InChI=1S/C17H25FN2O/c1-2-16-9-3-4-11-20(16)12-6-10-19-17(21)14-7-5-8-15(18)13-14/h5,7-8,13,16H,2-4,6,9-12H2,1H3,(H,19,21). The first kappa shape index (κ1) is 16.0. The molecule has 1 aliphatic rings. The minimum absolute atomic E-state index is 0.194. The third-order valence-corrected chi connectivity index (χ3v) is 4.21. The van der Waals surface area contributed by atoms with Gasteiger partial charge in [-0.1, -0.05) is 19.4 Å². The van der Waals surface area contributed by atoms with Gasteiger partial charge in [0, 0.05) is 24.7 Å². The summed E-state index contributed by atoms with van der Waals surface area (Å²) in [6.45, 7) is 5.09. The van der Waals surface area contributed by atoms with Crippen LogP contribution < -0.4 is 5.32 Å². The van der Waals surface area contributed by atoms with Gasteiger partial charge in [0.15, 0.2) is 0 Å². The molecule has 0 radical (unpaired) electrons. The number of nitrogens with zero attached hydrogens (tertiary/aromatic N) is 1. The highest BCUT2D eigenvalue weighted by atomic mass is 19.1. The maximum Gasteiger partial charge on any atom is 0.251 e. The van der Waals surface area contributed by atoms with Crippen LogP contribution in [0.1, 0.15) is 49.4 Å². The number of likely N-dealkylation sites (tertiary alicyclic amines) is 1. The number of halogens is 1. The van der Waals surface area contributed by atoms with Crippen LogP contribution in [0.2, 0.25) is 0 Å². The smallest absolute Gasteiger partial charge is 0.251 e. The van der Waals surface area contributed by atoms with Crippen molar-refractivity contribution in [3.63, 3.8) is 0 Å². The van der Waals surface area contributed by atoms with Gasteiger partial charge in [0.25, 0.3) is 5.91 Å². The van der Waals surface area contributed by atoms with Gasteiger partial charge in [-0.2, -0.15) is 0 Å². The zero-order valence-electron chi connectivity index (χ0n) is 12.8. The summed E-state index contributed by atoms with van der Waals surface area (Å²) < 4.78 is 13.1. The topological polar surface area (TPSA) is 32.3 Å². The van der Waals surface area contributed by atoms with Crippen LogP contribution >= 0.6 is 0 Å². The van der Waals surface area contributed by atoms with E-state index in [-0.39, 0.29) is 11.7 Å². The largest absolute Gasteiger partial charge is 0.352 e. The summed E-state index contributed by atoms with van der Waals surface area (Å²) in [5.74, 6) is -0.568. The Morgan fingerprint density at radius 3 is 3.05 bits per heavy atom. The monoisotopic (exact) mass is 292 g/mol. The van der Waals surface area contributed by atoms with Crippen molar-refractivity contribution in [1.29, 1.82) is 0 Å². The van der Waals surface area contributed by atoms with Crippen molar-refractivity contribution in [3.8, 4) is 0 Å². The molecule has 1 saturated heterocycles. The van der Waals surface area contributed by atoms with Crippen LogP contribution in [-0.4, -0.2) is 36.5 Å². The van der Waals surface area contributed by atoms with Gasteiger partial charge in [0.1, 0.15) is 5.82 Å². The number of hydrogen-bond acceptors (Lipinski definition) is 2. The van der Waals surface area contributed by atoms with E-state index in [1.54, 1.807) is 12.1 Å². The summed E-state index contributed by atoms with van der Waals surface area (Å²) in [5.41, 5.74) is 0.388. The summed E-state index contributed by atoms with van der Waals surface area (Å²) in [7, 11) is 0. The Hall–Kier alpha value is -1.42. The quantitative estimate of drug-likeness (QED) is 0.817. The van der Waals surface area contributed by atoms with E-state index >= 15 is 0 Å². The minimum atomic E-state index is -0.373. The molecule has 0 spiro atoms. The Morgan fingerprint density at radius 2 is 2.29 bits per heavy atom. The molecule has 1 unspecified atom stereocenters. The third-order valence-electron chi connectivity index (χ3n) is 4.21. The fourth-order valence-electron chi connectivity index (χ4n) is 3.03. The fourth-order valence-corrected chi connectivity index (χ4v) is 3.03. The number of benzene rings is 1. The minimum Gasteiger partial charge on any atom is -0.352 e. The third kappa shape index (κ3) is 4.81. The summed E-state index contributed by atoms with van der Waals surface area (Å²) in [5, 5.41) is 2.87. The van der Waals surface area contributed by atoms with E-state index in [1.807, 2.05) is 0 Å². The van der Waals surface area contributed by atoms with Crippen LogP contribution in [0, 0.1) is 5.82 Å². The van der Waals surface area contributed by atoms with Crippen LogP contribution in [0.15, 0.2) is 24.3 Å². The molecule has 1 fully saturated rings. The van der Waals surface area contributed by atoms with E-state index in [4.69, 9.17) is 0 Å². The lowest BCUT2D eigenvalue weighted by molar-refractivity contribution is 0.0947. The molecule has 1 heterocycles. The van der Waals surface area contributed by atoms with E-state index in [0.717, 1.165) is 13.0 Å². The Morgan fingerprint density at radius 1 is 1.43 bits per heavy atom. The van der Waals surface area contributed by atoms with E-state index in [2.05, 4.69) is 17.1 Å². The first-order valence-corrected chi connectivity index (χ1v) is 7.98. The van der Waals surface area contributed by atoms with Crippen LogP contribution in [0.4, 0.5) is 4.39 Å². The number of hydrogen-bond donors (Lipinski definition) is 1. The lowest BCUT2D eigenvalue weighted by Crippen LogP contribution is -2.40. The zero-order valence-corrected chi connectivity index (χ0v) is 12.8. The van der Waals surface area contributed by atoms with Gasteiger partial charge in [-0.3, -0.25) is 4.79 Å². The van der Waals surface area contributed by atoms with Crippen LogP contribution in [-0.2, 0) is 0 Å². The molecule has 0 aliphatic carbocycles. The molecule has 1 aliphatic heterocycles. The summed E-state index contributed by atoms with van der Waals surface area (Å²) in [4.78, 5) is 14.4. The average molecular weight is 292 g/mol. The Kier molecular flexibility index (Phi) is 6.18. The van der Waals surface area contributed by atoms with Crippen molar-refractivity contribution in [3.05, 3.63) is 35.6 Å². The van der Waals surface area contributed by atoms with Crippen molar-refractivity contribution < 1.29 is 9.18 Å². The van der Waals surface area contributed by atoms with Crippen molar-refractivity contribution >= 4 is 5.91 Å². The summed E-state index contributed by atoms with van der Waals surface area (Å²) >= 11 is 0. The van der Waals surface area contributed by atoms with Crippen LogP contribution in [0.3, 0.4) is 0 Å². The molecule has 1 amide bonds. The van der Waals surface area contributed by atoms with Crippen molar-refractivity contribution in [1.82, 2.24) is 10.2 Å². The molecular formula is C17H25FN2O. The second-order valence-electron chi connectivity index (χ2n) is 5.71. The van der Waals surface area contributed by atoms with Crippen LogP contribution in [0.5, 0.6) is 0 Å². The second kappa shape index (κ2) is 8.13. The average Bonchev–Trinajstić information content (AvgIpc) is 2.51. The highest BCUT2D eigenvalue weighted by Gasteiger charge is 2.19. The molecule has 1 atom stereocenters. The van der Waals surface area contributed by atoms with Crippen molar-refractivity contribution in [2.45, 2.75) is 45.1 Å². The van der Waals surface area contributed by atoms with Gasteiger partial charge in [0.2, 0.25) is 0 Å². The molecule has 0 bridgehead atoms. The highest BCUT2D eigenvalue weighted by molar-refractivity contribution is 5.94. The lowest BCUT2D eigenvalue weighted by Gasteiger charge is -2.35. The van der Waals surface area contributed by atoms with E-state index in [1.165, 1.54) is 44.4 Å². The molecule has 2 rings (SSSR count). The number of amides is 1. The van der Waals surface area contributed by atoms with Gasteiger partial charge in [0.05, 0.1) is 0 Å².